The van der Waals surface area contributed by atoms with Crippen molar-refractivity contribution in [3.63, 3.8) is 0 Å². The predicted octanol–water partition coefficient (Wildman–Crippen LogP) is 5.76. The number of Topliss-reactive ketones (excluding diaryl/α,β-unsaturated/α-hetero) is 2. The number of carbonyl (C=O) groups is 2. The average Bonchev–Trinajstić information content (AvgIpc) is 2.79. The SMILES string of the molecule is COc1ccc(C(C(Cl)C(=O)c2ccccc2)C(Cl)C(=O)c2ccccc2)cc1. The molecule has 3 aromatic carbocycles. The van der Waals surface area contributed by atoms with Gasteiger partial charge in [-0.1, -0.05) is 72.8 Å². The van der Waals surface area contributed by atoms with Crippen molar-refractivity contribution in [2.75, 3.05) is 7.11 Å². The van der Waals surface area contributed by atoms with E-state index in [1.807, 2.05) is 12.1 Å². The molecule has 0 aliphatic heterocycles. The van der Waals surface area contributed by atoms with Crippen molar-refractivity contribution in [1.29, 1.82) is 0 Å². The van der Waals surface area contributed by atoms with E-state index in [0.717, 1.165) is 0 Å². The maximum Gasteiger partial charge on any atom is 0.181 e. The third-order valence-corrected chi connectivity index (χ3v) is 5.69. The molecule has 3 rings (SSSR count). The molecule has 148 valence electrons. The van der Waals surface area contributed by atoms with E-state index in [0.29, 0.717) is 22.4 Å². The van der Waals surface area contributed by atoms with Gasteiger partial charge in [-0.15, -0.1) is 23.2 Å². The van der Waals surface area contributed by atoms with Gasteiger partial charge < -0.3 is 4.74 Å². The second-order valence-electron chi connectivity index (χ2n) is 6.56. The smallest absolute Gasteiger partial charge is 0.181 e. The topological polar surface area (TPSA) is 43.4 Å². The Hall–Kier alpha value is -2.62. The highest BCUT2D eigenvalue weighted by molar-refractivity contribution is 6.39. The standard InChI is InChI=1S/C24H20Cl2O3/c1-29-19-14-12-16(13-15-19)20(21(25)23(27)17-8-4-2-5-9-17)22(26)24(28)18-10-6-3-7-11-18/h2-15,20-22H,1H3. The minimum absolute atomic E-state index is 0.278. The van der Waals surface area contributed by atoms with Crippen molar-refractivity contribution in [2.24, 2.45) is 0 Å². The van der Waals surface area contributed by atoms with E-state index in [1.165, 1.54) is 0 Å². The van der Waals surface area contributed by atoms with Gasteiger partial charge in [0.05, 0.1) is 7.11 Å². The van der Waals surface area contributed by atoms with Gasteiger partial charge in [-0.2, -0.15) is 0 Å². The molecule has 29 heavy (non-hydrogen) atoms. The molecule has 0 heterocycles. The van der Waals surface area contributed by atoms with E-state index < -0.39 is 16.7 Å². The Morgan fingerprint density at radius 2 is 1.10 bits per heavy atom. The molecule has 0 amide bonds. The van der Waals surface area contributed by atoms with Crippen LogP contribution in [-0.4, -0.2) is 29.4 Å². The first kappa shape index (κ1) is 21.1. The van der Waals surface area contributed by atoms with Crippen molar-refractivity contribution in [2.45, 2.75) is 16.7 Å². The highest BCUT2D eigenvalue weighted by Gasteiger charge is 2.37. The van der Waals surface area contributed by atoms with Gasteiger partial charge in [0, 0.05) is 17.0 Å². The van der Waals surface area contributed by atoms with Crippen LogP contribution in [0, 0.1) is 0 Å². The summed E-state index contributed by atoms with van der Waals surface area (Å²) in [6.45, 7) is 0. The molecule has 3 aromatic rings. The van der Waals surface area contributed by atoms with Crippen molar-refractivity contribution in [3.05, 3.63) is 102 Å². The molecule has 0 radical (unpaired) electrons. The monoisotopic (exact) mass is 426 g/mol. The van der Waals surface area contributed by atoms with Crippen LogP contribution in [0.2, 0.25) is 0 Å². The molecule has 0 aliphatic carbocycles. The number of hydrogen-bond acceptors (Lipinski definition) is 3. The molecular weight excluding hydrogens is 407 g/mol. The number of rotatable bonds is 8. The van der Waals surface area contributed by atoms with Crippen LogP contribution in [0.1, 0.15) is 32.2 Å². The second kappa shape index (κ2) is 9.73. The molecule has 3 nitrogen and oxygen atoms in total. The summed E-state index contributed by atoms with van der Waals surface area (Å²) < 4.78 is 5.20. The molecule has 0 fully saturated rings. The van der Waals surface area contributed by atoms with E-state index in [-0.39, 0.29) is 11.6 Å². The zero-order valence-electron chi connectivity index (χ0n) is 15.8. The van der Waals surface area contributed by atoms with Crippen molar-refractivity contribution in [1.82, 2.24) is 0 Å². The fraction of sp³-hybridized carbons (Fsp3) is 0.167. The van der Waals surface area contributed by atoms with Gasteiger partial charge in [-0.05, 0) is 17.7 Å². The summed E-state index contributed by atoms with van der Waals surface area (Å²) in [6.07, 6.45) is 0. The Morgan fingerprint density at radius 3 is 1.48 bits per heavy atom. The lowest BCUT2D eigenvalue weighted by Crippen LogP contribution is -2.34. The molecule has 0 saturated carbocycles. The summed E-state index contributed by atoms with van der Waals surface area (Å²) in [6, 6.07) is 24.6. The van der Waals surface area contributed by atoms with Crippen molar-refractivity contribution < 1.29 is 14.3 Å². The number of benzene rings is 3. The maximum absolute atomic E-state index is 13.0. The minimum Gasteiger partial charge on any atom is -0.497 e. The summed E-state index contributed by atoms with van der Waals surface area (Å²) in [5.74, 6) is -0.614. The summed E-state index contributed by atoms with van der Waals surface area (Å²) >= 11 is 13.3. The van der Waals surface area contributed by atoms with E-state index in [9.17, 15) is 9.59 Å². The van der Waals surface area contributed by atoms with Crippen LogP contribution in [0.25, 0.3) is 0 Å². The first-order chi connectivity index (χ1) is 14.0. The lowest BCUT2D eigenvalue weighted by atomic mass is 9.85. The Bertz CT molecular complexity index is 899. The number of carbonyl (C=O) groups excluding carboxylic acids is 2. The maximum atomic E-state index is 13.0. The van der Waals surface area contributed by atoms with E-state index in [1.54, 1.807) is 79.9 Å². The van der Waals surface area contributed by atoms with Crippen LogP contribution in [0.3, 0.4) is 0 Å². The first-order valence-corrected chi connectivity index (χ1v) is 10.0. The Labute approximate surface area is 180 Å². The zero-order valence-corrected chi connectivity index (χ0v) is 17.3. The van der Waals surface area contributed by atoms with Gasteiger partial charge in [-0.3, -0.25) is 9.59 Å². The quantitative estimate of drug-likeness (QED) is 0.339. The van der Waals surface area contributed by atoms with Gasteiger partial charge in [0.15, 0.2) is 11.6 Å². The number of ketones is 2. The van der Waals surface area contributed by atoms with Crippen molar-refractivity contribution >= 4 is 34.8 Å². The molecule has 0 bridgehead atoms. The summed E-state index contributed by atoms with van der Waals surface area (Å²) in [4.78, 5) is 26.0. The molecule has 2 atom stereocenters. The summed E-state index contributed by atoms with van der Waals surface area (Å²) in [5, 5.41) is -2.03. The Balaban J connectivity index is 1.98. The van der Waals surface area contributed by atoms with E-state index in [2.05, 4.69) is 0 Å². The normalized spacial score (nSPS) is 13.9. The predicted molar refractivity (Wildman–Crippen MR) is 117 cm³/mol. The lowest BCUT2D eigenvalue weighted by molar-refractivity contribution is 0.0951. The molecule has 0 spiro atoms. The molecule has 0 aromatic heterocycles. The third kappa shape index (κ3) is 4.87. The van der Waals surface area contributed by atoms with E-state index in [4.69, 9.17) is 27.9 Å². The molecule has 0 aliphatic rings. The number of methoxy groups -OCH3 is 1. The van der Waals surface area contributed by atoms with Crippen LogP contribution < -0.4 is 4.74 Å². The molecule has 5 heteroatoms. The van der Waals surface area contributed by atoms with Crippen LogP contribution in [0.4, 0.5) is 0 Å². The molecule has 0 N–H and O–H groups in total. The average molecular weight is 427 g/mol. The zero-order chi connectivity index (χ0) is 20.8. The summed E-state index contributed by atoms with van der Waals surface area (Å²) in [7, 11) is 1.57. The van der Waals surface area contributed by atoms with Crippen LogP contribution in [-0.2, 0) is 0 Å². The second-order valence-corrected chi connectivity index (χ2v) is 7.50. The fourth-order valence-corrected chi connectivity index (χ4v) is 4.07. The van der Waals surface area contributed by atoms with Gasteiger partial charge in [0.25, 0.3) is 0 Å². The van der Waals surface area contributed by atoms with Gasteiger partial charge in [-0.25, -0.2) is 0 Å². The van der Waals surface area contributed by atoms with Crippen LogP contribution >= 0.6 is 23.2 Å². The van der Waals surface area contributed by atoms with Gasteiger partial charge >= 0.3 is 0 Å². The largest absolute Gasteiger partial charge is 0.497 e. The number of ether oxygens (including phenoxy) is 1. The molecule has 2 unspecified atom stereocenters. The highest BCUT2D eigenvalue weighted by Crippen LogP contribution is 2.35. The minimum atomic E-state index is -1.01. The fourth-order valence-electron chi connectivity index (χ4n) is 3.16. The number of halogens is 2. The molecular formula is C24H20Cl2O3. The van der Waals surface area contributed by atoms with Crippen molar-refractivity contribution in [3.8, 4) is 5.75 Å². The van der Waals surface area contributed by atoms with E-state index >= 15 is 0 Å². The number of alkyl halides is 2. The van der Waals surface area contributed by atoms with Crippen LogP contribution in [0.15, 0.2) is 84.9 Å². The lowest BCUT2D eigenvalue weighted by Gasteiger charge is -2.26. The highest BCUT2D eigenvalue weighted by atomic mass is 35.5. The van der Waals surface area contributed by atoms with Crippen LogP contribution in [0.5, 0.6) is 5.75 Å². The summed E-state index contributed by atoms with van der Waals surface area (Å²) in [5.41, 5.74) is 1.64. The van der Waals surface area contributed by atoms with Gasteiger partial charge in [0.2, 0.25) is 0 Å². The third-order valence-electron chi connectivity index (χ3n) is 4.75. The molecule has 0 saturated heterocycles. The van der Waals surface area contributed by atoms with Gasteiger partial charge in [0.1, 0.15) is 16.5 Å². The Kier molecular flexibility index (Phi) is 7.08. The first-order valence-electron chi connectivity index (χ1n) is 9.13. The number of hydrogen-bond donors (Lipinski definition) is 0. The Morgan fingerprint density at radius 1 is 0.690 bits per heavy atom.